The Balaban J connectivity index is 0.000000190. The molecule has 2 aliphatic rings. The summed E-state index contributed by atoms with van der Waals surface area (Å²) in [7, 11) is 0. The number of rotatable bonds is 4. The Hall–Kier alpha value is -1.85. The first-order chi connectivity index (χ1) is 14.5. The van der Waals surface area contributed by atoms with E-state index in [2.05, 4.69) is 107 Å². The standard InChI is InChI=1S/C15H14.C9H13.C5H5.Zr/c1-3-8-14(9-4-1)12-7-13-15-10-5-2-6-11-15;1-6-5-7(2)9(4)8(6)3;1-2-4-5-3-1;/h1-6,8-11H,12-13H2;6H,1-4H3;1-3H,4H2;/q;2*-1;+2. The molecule has 1 atom stereocenters. The summed E-state index contributed by atoms with van der Waals surface area (Å²) >= 11 is 1.55. The van der Waals surface area contributed by atoms with Gasteiger partial charge in [0.2, 0.25) is 0 Å². The van der Waals surface area contributed by atoms with Crippen LogP contribution in [-0.4, -0.2) is 3.21 Å². The van der Waals surface area contributed by atoms with Crippen LogP contribution in [0.2, 0.25) is 0 Å². The third-order valence-electron chi connectivity index (χ3n) is 5.34. The Morgan fingerprint density at radius 2 is 1.43 bits per heavy atom. The number of hydrogen-bond acceptors (Lipinski definition) is 0. The zero-order chi connectivity index (χ0) is 21.8. The van der Waals surface area contributed by atoms with E-state index in [4.69, 9.17) is 0 Å². The van der Waals surface area contributed by atoms with Crippen molar-refractivity contribution >= 4 is 3.21 Å². The van der Waals surface area contributed by atoms with Crippen molar-refractivity contribution in [3.8, 4) is 0 Å². The predicted octanol–water partition coefficient (Wildman–Crippen LogP) is 7.22. The summed E-state index contributed by atoms with van der Waals surface area (Å²) in [6.45, 7) is 8.67. The molecule has 30 heavy (non-hydrogen) atoms. The minimum atomic E-state index is 0.560. The van der Waals surface area contributed by atoms with Crippen LogP contribution in [-0.2, 0) is 37.1 Å². The van der Waals surface area contributed by atoms with Gasteiger partial charge in [-0.15, -0.1) is 13.3 Å². The van der Waals surface area contributed by atoms with Gasteiger partial charge in [0.15, 0.2) is 0 Å². The van der Waals surface area contributed by atoms with Crippen molar-refractivity contribution in [1.29, 1.82) is 0 Å². The first-order valence-electron chi connectivity index (χ1n) is 10.6. The van der Waals surface area contributed by atoms with Crippen LogP contribution in [0.15, 0.2) is 95.6 Å². The van der Waals surface area contributed by atoms with E-state index in [1.807, 2.05) is 12.2 Å². The van der Waals surface area contributed by atoms with E-state index in [-0.39, 0.29) is 0 Å². The molecule has 0 heterocycles. The van der Waals surface area contributed by atoms with Crippen LogP contribution in [0.3, 0.4) is 0 Å². The Morgan fingerprint density at radius 1 is 0.900 bits per heavy atom. The van der Waals surface area contributed by atoms with Gasteiger partial charge in [0, 0.05) is 0 Å². The molecular formula is C29H32Zr. The molecule has 0 aliphatic heterocycles. The SMILES string of the molecule is CC1=[C-]C(C)C(C)=C1C.[C-]1=CC=CC1.[Zr+2]=[C](Cc1ccccc1)Cc1ccccc1. The fraction of sp³-hybridized carbons (Fsp3) is 0.276. The van der Waals surface area contributed by atoms with Crippen molar-refractivity contribution in [2.75, 3.05) is 0 Å². The fourth-order valence-corrected chi connectivity index (χ4v) is 4.25. The summed E-state index contributed by atoms with van der Waals surface area (Å²) in [5.41, 5.74) is 7.09. The van der Waals surface area contributed by atoms with Crippen molar-refractivity contribution in [3.63, 3.8) is 0 Å². The molecule has 4 rings (SSSR count). The third-order valence-corrected chi connectivity index (χ3v) is 6.21. The van der Waals surface area contributed by atoms with Crippen molar-refractivity contribution in [2.24, 2.45) is 5.92 Å². The van der Waals surface area contributed by atoms with Crippen molar-refractivity contribution in [3.05, 3.63) is 119 Å². The van der Waals surface area contributed by atoms with Crippen LogP contribution in [0, 0.1) is 18.1 Å². The zero-order valence-electron chi connectivity index (χ0n) is 18.7. The van der Waals surface area contributed by atoms with Gasteiger partial charge in [-0.05, 0) is 0 Å². The molecule has 0 radical (unpaired) electrons. The van der Waals surface area contributed by atoms with Crippen LogP contribution >= 0.6 is 0 Å². The molecule has 0 N–H and O–H groups in total. The number of benzene rings is 2. The second-order valence-electron chi connectivity index (χ2n) is 7.73. The van der Waals surface area contributed by atoms with Gasteiger partial charge in [0.05, 0.1) is 0 Å². The molecule has 0 amide bonds. The summed E-state index contributed by atoms with van der Waals surface area (Å²) in [5, 5.41) is 0. The monoisotopic (exact) mass is 470 g/mol. The first-order valence-corrected chi connectivity index (χ1v) is 11.8. The van der Waals surface area contributed by atoms with Gasteiger partial charge < -0.3 is 0 Å². The third kappa shape index (κ3) is 8.89. The van der Waals surface area contributed by atoms with E-state index < -0.39 is 0 Å². The Kier molecular flexibility index (Phi) is 11.0. The summed E-state index contributed by atoms with van der Waals surface area (Å²) < 4.78 is 1.60. The minimum absolute atomic E-state index is 0.560. The van der Waals surface area contributed by atoms with Gasteiger partial charge in [0.25, 0.3) is 0 Å². The van der Waals surface area contributed by atoms with Crippen molar-refractivity contribution < 1.29 is 24.2 Å². The Morgan fingerprint density at radius 3 is 1.70 bits per heavy atom. The number of allylic oxidation sites excluding steroid dienone is 8. The molecule has 1 heteroatoms. The van der Waals surface area contributed by atoms with E-state index in [1.54, 1.807) is 27.4 Å². The topological polar surface area (TPSA) is 0 Å². The van der Waals surface area contributed by atoms with Gasteiger partial charge in [0.1, 0.15) is 0 Å². The molecule has 2 aliphatic carbocycles. The average Bonchev–Trinajstić information content (AvgIpc) is 3.40. The number of hydrogen-bond donors (Lipinski definition) is 0. The molecule has 2 aromatic carbocycles. The molecule has 0 aromatic heterocycles. The predicted molar refractivity (Wildman–Crippen MR) is 127 cm³/mol. The second kappa shape index (κ2) is 13.5. The molecule has 0 saturated carbocycles. The molecule has 0 spiro atoms. The fourth-order valence-electron chi connectivity index (χ4n) is 3.25. The Labute approximate surface area is 198 Å². The summed E-state index contributed by atoms with van der Waals surface area (Å²) in [6, 6.07) is 21.4. The molecular weight excluding hydrogens is 440 g/mol. The van der Waals surface area contributed by atoms with Gasteiger partial charge in [-0.2, -0.15) is 17.2 Å². The van der Waals surface area contributed by atoms with Crippen LogP contribution < -0.4 is 0 Å². The molecule has 0 fully saturated rings. The van der Waals surface area contributed by atoms with Crippen molar-refractivity contribution in [1.82, 2.24) is 0 Å². The van der Waals surface area contributed by atoms with E-state index in [9.17, 15) is 0 Å². The average molecular weight is 472 g/mol. The molecule has 0 saturated heterocycles. The van der Waals surface area contributed by atoms with Gasteiger partial charge >= 0.3 is 112 Å². The van der Waals surface area contributed by atoms with Crippen LogP contribution in [0.5, 0.6) is 0 Å². The quantitative estimate of drug-likeness (QED) is 0.413. The van der Waals surface area contributed by atoms with E-state index in [0.717, 1.165) is 19.3 Å². The van der Waals surface area contributed by atoms with Crippen molar-refractivity contribution in [2.45, 2.75) is 47.0 Å². The summed E-state index contributed by atoms with van der Waals surface area (Å²) in [6.07, 6.45) is 15.6. The van der Waals surface area contributed by atoms with E-state index in [1.165, 1.54) is 27.8 Å². The van der Waals surface area contributed by atoms with Crippen LogP contribution in [0.1, 0.15) is 45.2 Å². The first kappa shape index (κ1) is 24.4. The molecule has 152 valence electrons. The normalized spacial score (nSPS) is 16.5. The molecule has 0 nitrogen and oxygen atoms in total. The summed E-state index contributed by atoms with van der Waals surface area (Å²) in [4.78, 5) is 0. The van der Waals surface area contributed by atoms with Gasteiger partial charge in [-0.3, -0.25) is 12.2 Å². The molecule has 2 aromatic rings. The van der Waals surface area contributed by atoms with Gasteiger partial charge in [-0.1, -0.05) is 26.7 Å². The molecule has 1 unspecified atom stereocenters. The van der Waals surface area contributed by atoms with Crippen LogP contribution in [0.25, 0.3) is 0 Å². The maximum absolute atomic E-state index is 3.36. The van der Waals surface area contributed by atoms with Crippen LogP contribution in [0.4, 0.5) is 0 Å². The Bertz CT molecular complexity index is 858. The molecule has 0 bridgehead atoms. The van der Waals surface area contributed by atoms with E-state index in [0.29, 0.717) is 5.92 Å². The maximum atomic E-state index is 3.36. The zero-order valence-corrected chi connectivity index (χ0v) is 21.2. The second-order valence-corrected chi connectivity index (χ2v) is 9.47. The summed E-state index contributed by atoms with van der Waals surface area (Å²) in [5.74, 6) is 0.560. The van der Waals surface area contributed by atoms with E-state index >= 15 is 0 Å². The van der Waals surface area contributed by atoms with Gasteiger partial charge in [-0.25, -0.2) is 17.7 Å².